The van der Waals surface area contributed by atoms with E-state index in [0.717, 1.165) is 30.0 Å². The number of hydrogen-bond donors (Lipinski definition) is 2. The van der Waals surface area contributed by atoms with E-state index in [0.29, 0.717) is 37.1 Å². The van der Waals surface area contributed by atoms with Gasteiger partial charge in [0.05, 0.1) is 6.54 Å². The number of nitrogens with one attached hydrogen (secondary N) is 2. The van der Waals surface area contributed by atoms with Crippen LogP contribution in [-0.2, 0) is 11.3 Å². The summed E-state index contributed by atoms with van der Waals surface area (Å²) < 4.78 is 5.65. The third-order valence-electron chi connectivity index (χ3n) is 4.48. The molecule has 0 aliphatic carbocycles. The molecule has 6 nitrogen and oxygen atoms in total. The molecule has 2 aromatic carbocycles. The summed E-state index contributed by atoms with van der Waals surface area (Å²) in [7, 11) is 1.73. The van der Waals surface area contributed by atoms with Crippen molar-refractivity contribution in [2.24, 2.45) is 4.99 Å². The Morgan fingerprint density at radius 1 is 1.14 bits per heavy atom. The molecule has 1 aliphatic heterocycles. The van der Waals surface area contributed by atoms with Crippen molar-refractivity contribution in [1.82, 2.24) is 10.6 Å². The Morgan fingerprint density at radius 2 is 1.86 bits per heavy atom. The quantitative estimate of drug-likeness (QED) is 0.248. The number of halogens is 2. The number of amides is 1. The van der Waals surface area contributed by atoms with E-state index in [1.807, 2.05) is 41.3 Å². The fourth-order valence-electron chi connectivity index (χ4n) is 2.99. The van der Waals surface area contributed by atoms with Crippen LogP contribution < -0.4 is 20.3 Å². The summed E-state index contributed by atoms with van der Waals surface area (Å²) in [6.07, 6.45) is 1.58. The first-order chi connectivity index (χ1) is 13.7. The molecule has 156 valence electrons. The molecule has 0 radical (unpaired) electrons. The third-order valence-corrected chi connectivity index (χ3v) is 4.73. The van der Waals surface area contributed by atoms with E-state index in [1.54, 1.807) is 19.2 Å². The van der Waals surface area contributed by atoms with Crippen LogP contribution in [0.3, 0.4) is 0 Å². The monoisotopic (exact) mass is 528 g/mol. The zero-order valence-electron chi connectivity index (χ0n) is 16.4. The van der Waals surface area contributed by atoms with Gasteiger partial charge >= 0.3 is 0 Å². The van der Waals surface area contributed by atoms with Crippen molar-refractivity contribution < 1.29 is 9.53 Å². The number of carbonyl (C=O) groups excluding carboxylic acids is 1. The lowest BCUT2D eigenvalue weighted by Crippen LogP contribution is -2.38. The largest absolute Gasteiger partial charge is 0.492 e. The second-order valence-corrected chi connectivity index (χ2v) is 6.91. The van der Waals surface area contributed by atoms with Gasteiger partial charge < -0.3 is 20.3 Å². The molecule has 1 aliphatic rings. The lowest BCUT2D eigenvalue weighted by molar-refractivity contribution is -0.117. The van der Waals surface area contributed by atoms with Gasteiger partial charge in [-0.05, 0) is 48.4 Å². The Balaban J connectivity index is 0.00000300. The van der Waals surface area contributed by atoms with Crippen molar-refractivity contribution in [3.05, 3.63) is 59.1 Å². The second kappa shape index (κ2) is 11.9. The van der Waals surface area contributed by atoms with Gasteiger partial charge in [0, 0.05) is 37.3 Å². The summed E-state index contributed by atoms with van der Waals surface area (Å²) in [6, 6.07) is 15.3. The van der Waals surface area contributed by atoms with Crippen LogP contribution in [0.25, 0.3) is 0 Å². The molecule has 0 atom stereocenters. The van der Waals surface area contributed by atoms with E-state index < -0.39 is 0 Å². The van der Waals surface area contributed by atoms with Crippen LogP contribution in [0.1, 0.15) is 18.4 Å². The van der Waals surface area contributed by atoms with E-state index in [2.05, 4.69) is 15.6 Å². The lowest BCUT2D eigenvalue weighted by atomic mass is 10.2. The van der Waals surface area contributed by atoms with Crippen LogP contribution in [0.15, 0.2) is 53.5 Å². The van der Waals surface area contributed by atoms with Crippen LogP contribution in [0.4, 0.5) is 5.69 Å². The summed E-state index contributed by atoms with van der Waals surface area (Å²) in [4.78, 5) is 17.9. The average Bonchev–Trinajstić information content (AvgIpc) is 3.15. The molecule has 2 aromatic rings. The molecule has 1 amide bonds. The number of hydrogen-bond acceptors (Lipinski definition) is 3. The normalized spacial score (nSPS) is 13.8. The van der Waals surface area contributed by atoms with E-state index in [1.165, 1.54) is 0 Å². The standard InChI is InChI=1S/C21H25ClN4O2.HI/c1-23-21(24-12-14-28-19-10-6-17(22)7-11-19)25-15-16-4-8-18(9-5-16)26-13-2-3-20(26)27;/h4-11H,2-3,12-15H2,1H3,(H2,23,24,25);1H. The molecule has 29 heavy (non-hydrogen) atoms. The molecule has 1 fully saturated rings. The van der Waals surface area contributed by atoms with Gasteiger partial charge in [-0.3, -0.25) is 9.79 Å². The van der Waals surface area contributed by atoms with Crippen molar-refractivity contribution in [1.29, 1.82) is 0 Å². The van der Waals surface area contributed by atoms with Gasteiger partial charge in [0.15, 0.2) is 5.96 Å². The van der Waals surface area contributed by atoms with Gasteiger partial charge in [0.25, 0.3) is 0 Å². The molecular weight excluding hydrogens is 503 g/mol. The summed E-state index contributed by atoms with van der Waals surface area (Å²) in [5.74, 6) is 1.69. The van der Waals surface area contributed by atoms with Gasteiger partial charge in [-0.15, -0.1) is 24.0 Å². The Labute approximate surface area is 193 Å². The zero-order chi connectivity index (χ0) is 19.8. The topological polar surface area (TPSA) is 66.0 Å². The molecule has 0 unspecified atom stereocenters. The maximum Gasteiger partial charge on any atom is 0.227 e. The fraction of sp³-hybridized carbons (Fsp3) is 0.333. The summed E-state index contributed by atoms with van der Waals surface area (Å²) >= 11 is 5.86. The predicted molar refractivity (Wildman–Crippen MR) is 129 cm³/mol. The van der Waals surface area contributed by atoms with E-state index >= 15 is 0 Å². The fourth-order valence-corrected chi connectivity index (χ4v) is 3.12. The third kappa shape index (κ3) is 7.08. The predicted octanol–water partition coefficient (Wildman–Crippen LogP) is 3.83. The van der Waals surface area contributed by atoms with Crippen molar-refractivity contribution in [3.63, 3.8) is 0 Å². The number of carbonyl (C=O) groups is 1. The summed E-state index contributed by atoms with van der Waals surface area (Å²) in [6.45, 7) is 2.59. The minimum absolute atomic E-state index is 0. The van der Waals surface area contributed by atoms with Crippen molar-refractivity contribution in [2.45, 2.75) is 19.4 Å². The van der Waals surface area contributed by atoms with Crippen molar-refractivity contribution in [2.75, 3.05) is 31.6 Å². The highest BCUT2D eigenvalue weighted by molar-refractivity contribution is 14.0. The molecule has 0 aromatic heterocycles. The van der Waals surface area contributed by atoms with E-state index in [9.17, 15) is 4.79 Å². The Kier molecular flexibility index (Phi) is 9.53. The van der Waals surface area contributed by atoms with Gasteiger partial charge in [0.2, 0.25) is 5.91 Å². The minimum atomic E-state index is 0. The smallest absolute Gasteiger partial charge is 0.227 e. The van der Waals surface area contributed by atoms with Gasteiger partial charge in [-0.2, -0.15) is 0 Å². The van der Waals surface area contributed by atoms with Crippen LogP contribution in [-0.4, -0.2) is 38.6 Å². The van der Waals surface area contributed by atoms with Gasteiger partial charge in [-0.25, -0.2) is 0 Å². The highest BCUT2D eigenvalue weighted by Crippen LogP contribution is 2.21. The number of benzene rings is 2. The van der Waals surface area contributed by atoms with Crippen molar-refractivity contribution in [3.8, 4) is 5.75 Å². The first-order valence-electron chi connectivity index (χ1n) is 9.38. The Hall–Kier alpha value is -2.00. The molecule has 8 heteroatoms. The van der Waals surface area contributed by atoms with Crippen LogP contribution >= 0.6 is 35.6 Å². The number of guanidine groups is 1. The molecule has 3 rings (SSSR count). The maximum absolute atomic E-state index is 11.8. The number of rotatable bonds is 7. The van der Waals surface area contributed by atoms with Crippen LogP contribution in [0.2, 0.25) is 5.02 Å². The second-order valence-electron chi connectivity index (χ2n) is 6.47. The van der Waals surface area contributed by atoms with E-state index in [4.69, 9.17) is 16.3 Å². The average molecular weight is 529 g/mol. The Bertz CT molecular complexity index is 812. The van der Waals surface area contributed by atoms with E-state index in [-0.39, 0.29) is 29.9 Å². The Morgan fingerprint density at radius 3 is 2.48 bits per heavy atom. The number of ether oxygens (including phenoxy) is 1. The maximum atomic E-state index is 11.8. The van der Waals surface area contributed by atoms with Gasteiger partial charge in [0.1, 0.15) is 12.4 Å². The first kappa shape index (κ1) is 23.3. The molecule has 0 bridgehead atoms. The SMILES string of the molecule is CN=C(NCCOc1ccc(Cl)cc1)NCc1ccc(N2CCCC2=O)cc1.I. The van der Waals surface area contributed by atoms with Crippen molar-refractivity contribution >= 4 is 53.1 Å². The molecule has 2 N–H and O–H groups in total. The number of nitrogens with zero attached hydrogens (tertiary/aromatic N) is 2. The molecule has 1 heterocycles. The highest BCUT2D eigenvalue weighted by atomic mass is 127. The molecule has 0 saturated carbocycles. The first-order valence-corrected chi connectivity index (χ1v) is 9.76. The molecular formula is C21H26ClIN4O2. The summed E-state index contributed by atoms with van der Waals surface area (Å²) in [5.41, 5.74) is 2.09. The highest BCUT2D eigenvalue weighted by Gasteiger charge is 2.21. The van der Waals surface area contributed by atoms with Crippen LogP contribution in [0, 0.1) is 0 Å². The summed E-state index contributed by atoms with van der Waals surface area (Å²) in [5, 5.41) is 7.18. The van der Waals surface area contributed by atoms with Crippen LogP contribution in [0.5, 0.6) is 5.75 Å². The minimum Gasteiger partial charge on any atom is -0.492 e. The lowest BCUT2D eigenvalue weighted by Gasteiger charge is -2.16. The molecule has 0 spiro atoms. The van der Waals surface area contributed by atoms with Gasteiger partial charge in [-0.1, -0.05) is 23.7 Å². The number of aliphatic imine (C=N–C) groups is 1. The number of anilines is 1. The zero-order valence-corrected chi connectivity index (χ0v) is 19.4. The molecule has 1 saturated heterocycles.